The zero-order valence-electron chi connectivity index (χ0n) is 15.2. The van der Waals surface area contributed by atoms with Crippen LogP contribution in [0.1, 0.15) is 61.7 Å². The highest BCUT2D eigenvalue weighted by Gasteiger charge is 2.17. The molecule has 0 aliphatic rings. The van der Waals surface area contributed by atoms with Crippen LogP contribution in [0.3, 0.4) is 0 Å². The summed E-state index contributed by atoms with van der Waals surface area (Å²) in [6.45, 7) is 8.56. The second-order valence-corrected chi connectivity index (χ2v) is 6.21. The number of hydrogen-bond acceptors (Lipinski definition) is 3. The summed E-state index contributed by atoms with van der Waals surface area (Å²) >= 11 is 0. The van der Waals surface area contributed by atoms with Crippen molar-refractivity contribution >= 4 is 5.91 Å². The highest BCUT2D eigenvalue weighted by atomic mass is 16.2. The minimum absolute atomic E-state index is 0.00629. The zero-order chi connectivity index (χ0) is 17.5. The van der Waals surface area contributed by atoms with E-state index in [1.807, 2.05) is 36.9 Å². The molecule has 1 amide bonds. The lowest BCUT2D eigenvalue weighted by Crippen LogP contribution is -2.32. The molecule has 5 nitrogen and oxygen atoms in total. The van der Waals surface area contributed by atoms with Crippen LogP contribution in [0.5, 0.6) is 0 Å². The molecule has 0 aliphatic heterocycles. The van der Waals surface area contributed by atoms with Gasteiger partial charge in [0, 0.05) is 18.1 Å². The van der Waals surface area contributed by atoms with Crippen LogP contribution in [0.2, 0.25) is 0 Å². The van der Waals surface area contributed by atoms with E-state index in [-0.39, 0.29) is 18.5 Å². The number of pyridine rings is 1. The van der Waals surface area contributed by atoms with Crippen molar-refractivity contribution in [1.29, 1.82) is 0 Å². The van der Waals surface area contributed by atoms with E-state index >= 15 is 0 Å². The summed E-state index contributed by atoms with van der Waals surface area (Å²) in [6.07, 6.45) is 7.62. The zero-order valence-corrected chi connectivity index (χ0v) is 15.2. The van der Waals surface area contributed by atoms with Crippen LogP contribution in [0.25, 0.3) is 0 Å². The monoisotopic (exact) mass is 328 g/mol. The Morgan fingerprint density at radius 2 is 2.12 bits per heavy atom. The van der Waals surface area contributed by atoms with E-state index in [0.717, 1.165) is 42.6 Å². The number of hydrogen-bond donors (Lipinski definition) is 1. The molecule has 0 unspecified atom stereocenters. The van der Waals surface area contributed by atoms with Gasteiger partial charge in [-0.2, -0.15) is 5.10 Å². The largest absolute Gasteiger partial charge is 0.348 e. The van der Waals surface area contributed by atoms with Crippen molar-refractivity contribution in [3.63, 3.8) is 0 Å². The number of nitrogens with one attached hydrogen (secondary N) is 1. The van der Waals surface area contributed by atoms with Gasteiger partial charge in [-0.3, -0.25) is 14.5 Å². The molecule has 2 aromatic rings. The Kier molecular flexibility index (Phi) is 6.53. The highest BCUT2D eigenvalue weighted by molar-refractivity contribution is 5.76. The molecule has 0 aliphatic carbocycles. The van der Waals surface area contributed by atoms with Gasteiger partial charge in [-0.05, 0) is 43.9 Å². The average molecular weight is 328 g/mol. The molecule has 2 rings (SSSR count). The Bertz CT molecular complexity index is 664. The van der Waals surface area contributed by atoms with Crippen LogP contribution in [0.4, 0.5) is 0 Å². The van der Waals surface area contributed by atoms with Crippen molar-refractivity contribution in [2.24, 2.45) is 0 Å². The number of unbranched alkanes of at least 4 members (excludes halogenated alkanes) is 1. The first-order valence-electron chi connectivity index (χ1n) is 8.78. The first kappa shape index (κ1) is 18.2. The van der Waals surface area contributed by atoms with Crippen molar-refractivity contribution in [2.75, 3.05) is 0 Å². The molecule has 24 heavy (non-hydrogen) atoms. The first-order valence-corrected chi connectivity index (χ1v) is 8.78. The normalized spacial score (nSPS) is 12.2. The van der Waals surface area contributed by atoms with E-state index < -0.39 is 0 Å². The van der Waals surface area contributed by atoms with Gasteiger partial charge in [-0.15, -0.1) is 0 Å². The van der Waals surface area contributed by atoms with Gasteiger partial charge < -0.3 is 5.32 Å². The number of nitrogens with zero attached hydrogens (tertiary/aromatic N) is 3. The Balaban J connectivity index is 2.08. The minimum atomic E-state index is -0.00629. The first-order chi connectivity index (χ1) is 11.6. The molecule has 0 spiro atoms. The van der Waals surface area contributed by atoms with E-state index in [9.17, 15) is 4.79 Å². The fourth-order valence-corrected chi connectivity index (χ4v) is 3.09. The molecule has 0 saturated heterocycles. The van der Waals surface area contributed by atoms with Gasteiger partial charge in [0.05, 0.1) is 11.7 Å². The molecular formula is C19H28N4O. The molecule has 0 bridgehead atoms. The molecule has 2 aromatic heterocycles. The number of carbonyl (C=O) groups excluding carboxylic acids is 1. The Hall–Kier alpha value is -2.17. The third-order valence-electron chi connectivity index (χ3n) is 4.45. The standard InChI is InChI=1S/C19H28N4O/c1-5-7-10-18(16-9-8-11-20-12-16)21-19(24)13-23-15(4)17(6-2)14(3)22-23/h8-9,11-12,18H,5-7,10,13H2,1-4H3,(H,21,24)/t18-/m0/s1. The van der Waals surface area contributed by atoms with E-state index in [4.69, 9.17) is 0 Å². The SMILES string of the molecule is CCCC[C@H](NC(=O)Cn1nc(C)c(CC)c1C)c1cccnc1. The van der Waals surface area contributed by atoms with Gasteiger partial charge >= 0.3 is 0 Å². The molecule has 2 heterocycles. The predicted octanol–water partition coefficient (Wildman–Crippen LogP) is 3.51. The third kappa shape index (κ3) is 4.43. The third-order valence-corrected chi connectivity index (χ3v) is 4.45. The average Bonchev–Trinajstić information content (AvgIpc) is 2.85. The van der Waals surface area contributed by atoms with Gasteiger partial charge in [0.15, 0.2) is 0 Å². The summed E-state index contributed by atoms with van der Waals surface area (Å²) in [7, 11) is 0. The molecule has 0 fully saturated rings. The van der Waals surface area contributed by atoms with Gasteiger partial charge in [-0.1, -0.05) is 32.8 Å². The molecule has 1 N–H and O–H groups in total. The maximum atomic E-state index is 12.5. The predicted molar refractivity (Wildman–Crippen MR) is 95.7 cm³/mol. The van der Waals surface area contributed by atoms with Crippen LogP contribution < -0.4 is 5.32 Å². The van der Waals surface area contributed by atoms with Crippen LogP contribution in [-0.4, -0.2) is 20.7 Å². The molecule has 130 valence electrons. The molecule has 0 aromatic carbocycles. The van der Waals surface area contributed by atoms with Crippen LogP contribution in [0.15, 0.2) is 24.5 Å². The van der Waals surface area contributed by atoms with Crippen molar-refractivity contribution in [3.05, 3.63) is 47.0 Å². The fourth-order valence-electron chi connectivity index (χ4n) is 3.09. The van der Waals surface area contributed by atoms with Crippen molar-refractivity contribution in [3.8, 4) is 0 Å². The number of rotatable bonds is 8. The number of aryl methyl sites for hydroxylation is 1. The Morgan fingerprint density at radius 3 is 2.71 bits per heavy atom. The van der Waals surface area contributed by atoms with Gasteiger partial charge in [-0.25, -0.2) is 0 Å². The van der Waals surface area contributed by atoms with Crippen LogP contribution in [-0.2, 0) is 17.8 Å². The second kappa shape index (κ2) is 8.62. The summed E-state index contributed by atoms with van der Waals surface area (Å²) in [5, 5.41) is 7.66. The lowest BCUT2D eigenvalue weighted by atomic mass is 10.0. The van der Waals surface area contributed by atoms with Crippen molar-refractivity contribution in [1.82, 2.24) is 20.1 Å². The Morgan fingerprint density at radius 1 is 1.33 bits per heavy atom. The summed E-state index contributed by atoms with van der Waals surface area (Å²) in [6, 6.07) is 3.94. The van der Waals surface area contributed by atoms with Gasteiger partial charge in [0.25, 0.3) is 0 Å². The molecule has 0 radical (unpaired) electrons. The minimum Gasteiger partial charge on any atom is -0.348 e. The maximum absolute atomic E-state index is 12.5. The lowest BCUT2D eigenvalue weighted by Gasteiger charge is -2.19. The van der Waals surface area contributed by atoms with Crippen molar-refractivity contribution in [2.45, 2.75) is 66.0 Å². The van der Waals surface area contributed by atoms with E-state index in [1.54, 1.807) is 6.20 Å². The molecule has 0 saturated carbocycles. The summed E-state index contributed by atoms with van der Waals surface area (Å²) in [5.74, 6) is -0.00629. The second-order valence-electron chi connectivity index (χ2n) is 6.21. The van der Waals surface area contributed by atoms with Gasteiger partial charge in [0.2, 0.25) is 5.91 Å². The summed E-state index contributed by atoms with van der Waals surface area (Å²) < 4.78 is 1.81. The smallest absolute Gasteiger partial charge is 0.242 e. The summed E-state index contributed by atoms with van der Waals surface area (Å²) in [4.78, 5) is 16.7. The fraction of sp³-hybridized carbons (Fsp3) is 0.526. The van der Waals surface area contributed by atoms with E-state index in [1.165, 1.54) is 5.56 Å². The lowest BCUT2D eigenvalue weighted by molar-refractivity contribution is -0.122. The number of amides is 1. The number of carbonyl (C=O) groups is 1. The number of aromatic nitrogens is 3. The topological polar surface area (TPSA) is 59.8 Å². The Labute approximate surface area is 144 Å². The van der Waals surface area contributed by atoms with Gasteiger partial charge in [0.1, 0.15) is 6.54 Å². The van der Waals surface area contributed by atoms with Crippen LogP contribution in [0, 0.1) is 13.8 Å². The molecular weight excluding hydrogens is 300 g/mol. The van der Waals surface area contributed by atoms with E-state index in [2.05, 4.69) is 29.2 Å². The van der Waals surface area contributed by atoms with Crippen molar-refractivity contribution < 1.29 is 4.79 Å². The van der Waals surface area contributed by atoms with E-state index in [0.29, 0.717) is 0 Å². The van der Waals surface area contributed by atoms with Crippen LogP contribution >= 0.6 is 0 Å². The summed E-state index contributed by atoms with van der Waals surface area (Å²) in [5.41, 5.74) is 4.38. The maximum Gasteiger partial charge on any atom is 0.242 e. The molecule has 5 heteroatoms. The quantitative estimate of drug-likeness (QED) is 0.807. The molecule has 1 atom stereocenters. The highest BCUT2D eigenvalue weighted by Crippen LogP contribution is 2.19.